The number of hydrogen-bond donors (Lipinski definition) is 2. The quantitative estimate of drug-likeness (QED) is 0.420. The minimum absolute atomic E-state index is 0. The van der Waals surface area contributed by atoms with Crippen LogP contribution in [0.5, 0.6) is 0 Å². The van der Waals surface area contributed by atoms with Crippen LogP contribution in [0.4, 0.5) is 0 Å². The Bertz CT molecular complexity index is 600. The first-order chi connectivity index (χ1) is 9.36. The number of rotatable bonds is 3. The van der Waals surface area contributed by atoms with E-state index in [0.717, 1.165) is 35.7 Å². The highest BCUT2D eigenvalue weighted by atomic mass is 127. The fourth-order valence-electron chi connectivity index (χ4n) is 2.25. The molecule has 0 amide bonds. The van der Waals surface area contributed by atoms with Crippen molar-refractivity contribution in [2.24, 2.45) is 21.8 Å². The van der Waals surface area contributed by atoms with Crippen molar-refractivity contribution < 1.29 is 8.42 Å². The maximum Gasteiger partial charge on any atom is 0.247 e. The topological polar surface area (TPSA) is 102 Å². The second-order valence-electron chi connectivity index (χ2n) is 5.13. The van der Waals surface area contributed by atoms with Gasteiger partial charge in [-0.1, -0.05) is 6.92 Å². The average Bonchev–Trinajstić information content (AvgIpc) is 2.84. The van der Waals surface area contributed by atoms with Crippen LogP contribution in [-0.2, 0) is 16.6 Å². The van der Waals surface area contributed by atoms with Crippen molar-refractivity contribution in [1.29, 1.82) is 0 Å². The van der Waals surface area contributed by atoms with Crippen LogP contribution in [0, 0.1) is 5.92 Å². The minimum Gasteiger partial charge on any atom is -0.370 e. The number of nitrogens with zero attached hydrogens (tertiary/aromatic N) is 2. The summed E-state index contributed by atoms with van der Waals surface area (Å²) in [5, 5.41) is 5.07. The van der Waals surface area contributed by atoms with E-state index in [0.29, 0.717) is 18.4 Å². The average molecular weight is 444 g/mol. The van der Waals surface area contributed by atoms with Gasteiger partial charge in [-0.05, 0) is 30.9 Å². The molecule has 1 atom stereocenters. The van der Waals surface area contributed by atoms with Crippen LogP contribution in [0.2, 0.25) is 0 Å². The lowest BCUT2D eigenvalue weighted by Gasteiger charge is -2.31. The van der Waals surface area contributed by atoms with Gasteiger partial charge < -0.3 is 10.6 Å². The SMILES string of the molecule is CC1CCCN(C(N)=NCc2ccc(S(N)(=O)=O)s2)C1.I. The fraction of sp³-hybridized carbons (Fsp3) is 0.583. The minimum atomic E-state index is -3.62. The molecule has 1 saturated heterocycles. The van der Waals surface area contributed by atoms with Crippen LogP contribution in [-0.4, -0.2) is 32.4 Å². The van der Waals surface area contributed by atoms with Gasteiger partial charge in [0, 0.05) is 18.0 Å². The molecular weight excluding hydrogens is 423 g/mol. The Labute approximate surface area is 146 Å². The molecule has 0 radical (unpaired) electrons. The molecule has 21 heavy (non-hydrogen) atoms. The second-order valence-corrected chi connectivity index (χ2v) is 8.09. The molecule has 1 aliphatic rings. The maximum absolute atomic E-state index is 11.2. The van der Waals surface area contributed by atoms with Crippen LogP contribution in [0.3, 0.4) is 0 Å². The Morgan fingerprint density at radius 1 is 1.52 bits per heavy atom. The Balaban J connectivity index is 0.00000220. The van der Waals surface area contributed by atoms with Gasteiger partial charge in [0.1, 0.15) is 4.21 Å². The first kappa shape index (κ1) is 18.7. The van der Waals surface area contributed by atoms with Crippen molar-refractivity contribution in [2.75, 3.05) is 13.1 Å². The maximum atomic E-state index is 11.2. The third kappa shape index (κ3) is 5.38. The number of guanidine groups is 1. The van der Waals surface area contributed by atoms with Gasteiger partial charge >= 0.3 is 0 Å². The van der Waals surface area contributed by atoms with Gasteiger partial charge in [-0.3, -0.25) is 0 Å². The standard InChI is InChI=1S/C12H20N4O2S2.HI/c1-9-3-2-6-16(8-9)12(13)15-7-10-4-5-11(19-10)20(14,17)18;/h4-5,9H,2-3,6-8H2,1H3,(H2,13,15)(H2,14,17,18);1H. The molecule has 2 heterocycles. The summed E-state index contributed by atoms with van der Waals surface area (Å²) in [6.45, 7) is 4.46. The summed E-state index contributed by atoms with van der Waals surface area (Å²) in [6, 6.07) is 3.23. The molecule has 0 saturated carbocycles. The third-order valence-electron chi connectivity index (χ3n) is 3.30. The Morgan fingerprint density at radius 3 is 2.81 bits per heavy atom. The molecule has 1 aromatic heterocycles. The molecule has 6 nitrogen and oxygen atoms in total. The number of piperidine rings is 1. The van der Waals surface area contributed by atoms with Gasteiger partial charge in [-0.25, -0.2) is 18.5 Å². The molecule has 2 rings (SSSR count). The highest BCUT2D eigenvalue weighted by Gasteiger charge is 2.17. The predicted molar refractivity (Wildman–Crippen MR) is 96.4 cm³/mol. The normalized spacial score (nSPS) is 20.2. The second kappa shape index (κ2) is 7.75. The van der Waals surface area contributed by atoms with Crippen molar-refractivity contribution in [3.05, 3.63) is 17.0 Å². The number of likely N-dealkylation sites (tertiary alicyclic amines) is 1. The van der Waals surface area contributed by atoms with Crippen molar-refractivity contribution in [1.82, 2.24) is 4.90 Å². The number of aliphatic imine (C=N–C) groups is 1. The van der Waals surface area contributed by atoms with Crippen LogP contribution >= 0.6 is 35.3 Å². The lowest BCUT2D eigenvalue weighted by molar-refractivity contribution is 0.270. The van der Waals surface area contributed by atoms with E-state index < -0.39 is 10.0 Å². The van der Waals surface area contributed by atoms with Gasteiger partial charge in [0.2, 0.25) is 10.0 Å². The zero-order chi connectivity index (χ0) is 14.8. The molecule has 120 valence electrons. The lowest BCUT2D eigenvalue weighted by atomic mass is 10.0. The molecule has 0 aliphatic carbocycles. The van der Waals surface area contributed by atoms with E-state index >= 15 is 0 Å². The van der Waals surface area contributed by atoms with Crippen molar-refractivity contribution in [3.63, 3.8) is 0 Å². The number of thiophene rings is 1. The summed E-state index contributed by atoms with van der Waals surface area (Å²) in [5.41, 5.74) is 5.99. The van der Waals surface area contributed by atoms with Crippen LogP contribution < -0.4 is 10.9 Å². The van der Waals surface area contributed by atoms with Crippen LogP contribution in [0.25, 0.3) is 0 Å². The zero-order valence-corrected chi connectivity index (χ0v) is 15.8. The largest absolute Gasteiger partial charge is 0.370 e. The Hall–Kier alpha value is -0.390. The predicted octanol–water partition coefficient (Wildman–Crippen LogP) is 1.56. The monoisotopic (exact) mass is 444 g/mol. The smallest absolute Gasteiger partial charge is 0.247 e. The molecule has 1 unspecified atom stereocenters. The van der Waals surface area contributed by atoms with Gasteiger partial charge in [0.15, 0.2) is 5.96 Å². The Morgan fingerprint density at radius 2 is 2.24 bits per heavy atom. The number of primary sulfonamides is 1. The summed E-state index contributed by atoms with van der Waals surface area (Å²) < 4.78 is 22.5. The van der Waals surface area contributed by atoms with E-state index in [4.69, 9.17) is 10.9 Å². The molecule has 9 heteroatoms. The van der Waals surface area contributed by atoms with Crippen molar-refractivity contribution in [2.45, 2.75) is 30.5 Å². The van der Waals surface area contributed by atoms with E-state index in [1.807, 2.05) is 0 Å². The lowest BCUT2D eigenvalue weighted by Crippen LogP contribution is -2.43. The first-order valence-electron chi connectivity index (χ1n) is 6.52. The summed E-state index contributed by atoms with van der Waals surface area (Å²) in [6.07, 6.45) is 2.36. The van der Waals surface area contributed by atoms with Crippen LogP contribution in [0.15, 0.2) is 21.3 Å². The third-order valence-corrected chi connectivity index (χ3v) is 5.80. The van der Waals surface area contributed by atoms with E-state index in [-0.39, 0.29) is 28.2 Å². The Kier molecular flexibility index (Phi) is 6.88. The molecule has 1 aromatic rings. The van der Waals surface area contributed by atoms with Gasteiger partial charge in [0.25, 0.3) is 0 Å². The molecule has 4 N–H and O–H groups in total. The van der Waals surface area contributed by atoms with Gasteiger partial charge in [-0.2, -0.15) is 0 Å². The molecule has 1 fully saturated rings. The zero-order valence-electron chi connectivity index (χ0n) is 11.9. The summed E-state index contributed by atoms with van der Waals surface area (Å²) in [4.78, 5) is 7.26. The van der Waals surface area contributed by atoms with E-state index in [1.54, 1.807) is 6.07 Å². The number of sulfonamides is 1. The first-order valence-corrected chi connectivity index (χ1v) is 8.89. The van der Waals surface area contributed by atoms with E-state index in [1.165, 1.54) is 12.5 Å². The summed E-state index contributed by atoms with van der Waals surface area (Å²) in [7, 11) is -3.62. The van der Waals surface area contributed by atoms with E-state index in [9.17, 15) is 8.42 Å². The summed E-state index contributed by atoms with van der Waals surface area (Å²) in [5.74, 6) is 1.16. The van der Waals surface area contributed by atoms with E-state index in [2.05, 4.69) is 16.8 Å². The van der Waals surface area contributed by atoms with Gasteiger partial charge in [-0.15, -0.1) is 35.3 Å². The highest BCUT2D eigenvalue weighted by Crippen LogP contribution is 2.21. The van der Waals surface area contributed by atoms with Crippen molar-refractivity contribution in [3.8, 4) is 0 Å². The molecule has 0 bridgehead atoms. The molecule has 1 aliphatic heterocycles. The number of nitrogens with two attached hydrogens (primary N) is 2. The molecule has 0 spiro atoms. The van der Waals surface area contributed by atoms with Crippen molar-refractivity contribution >= 4 is 51.3 Å². The molecular formula is C12H21IN4O2S2. The fourth-order valence-corrected chi connectivity index (χ4v) is 3.96. The number of halogens is 1. The molecule has 0 aromatic carbocycles. The summed E-state index contributed by atoms with van der Waals surface area (Å²) >= 11 is 1.13. The van der Waals surface area contributed by atoms with Crippen LogP contribution in [0.1, 0.15) is 24.6 Å². The van der Waals surface area contributed by atoms with Gasteiger partial charge in [0.05, 0.1) is 6.54 Å². The highest BCUT2D eigenvalue weighted by molar-refractivity contribution is 14.0. The number of hydrogen-bond acceptors (Lipinski definition) is 4.